The normalized spacial score (nSPS) is 11.8. The minimum Gasteiger partial charge on any atom is -0.501 e. The van der Waals surface area contributed by atoms with Crippen LogP contribution in [0.2, 0.25) is 0 Å². The first-order valence-corrected chi connectivity index (χ1v) is 22.2. The fourth-order valence-electron chi connectivity index (χ4n) is 8.90. The maximum atomic E-state index is 6.83. The smallest absolute Gasteiger partial charge is 0.121 e. The third-order valence-corrected chi connectivity index (χ3v) is 12.3. The Morgan fingerprint density at radius 2 is 1.34 bits per heavy atom. The monoisotopic (exact) mass is 1020 g/mol. The van der Waals surface area contributed by atoms with Gasteiger partial charge in [0.25, 0.3) is 0 Å². The van der Waals surface area contributed by atoms with E-state index >= 15 is 0 Å². The van der Waals surface area contributed by atoms with Crippen LogP contribution in [0.15, 0.2) is 168 Å². The van der Waals surface area contributed by atoms with Crippen LogP contribution in [-0.4, -0.2) is 19.5 Å². The van der Waals surface area contributed by atoms with Crippen molar-refractivity contribution in [2.24, 2.45) is 0 Å². The second-order valence-electron chi connectivity index (χ2n) is 18.3. The number of benzene rings is 7. The second-order valence-corrected chi connectivity index (χ2v) is 18.3. The van der Waals surface area contributed by atoms with Gasteiger partial charge in [0.1, 0.15) is 5.58 Å². The molecule has 0 saturated carbocycles. The van der Waals surface area contributed by atoms with Crippen LogP contribution in [0.25, 0.3) is 94.0 Å². The number of para-hydroxylation sites is 2. The summed E-state index contributed by atoms with van der Waals surface area (Å²) in [6.07, 6.45) is 6.64. The zero-order valence-corrected chi connectivity index (χ0v) is 40.2. The summed E-state index contributed by atoms with van der Waals surface area (Å²) in [6, 6.07) is 57.0. The van der Waals surface area contributed by atoms with E-state index in [9.17, 15) is 0 Å². The van der Waals surface area contributed by atoms with E-state index < -0.39 is 0 Å². The molecule has 0 aliphatic carbocycles. The number of pyridine rings is 2. The zero-order valence-electron chi connectivity index (χ0n) is 37.8. The molecule has 0 atom stereocenters. The Balaban J connectivity index is 0.000000266. The molecule has 0 fully saturated rings. The van der Waals surface area contributed by atoms with Gasteiger partial charge in [-0.1, -0.05) is 157 Å². The van der Waals surface area contributed by atoms with Crippen LogP contribution in [0.1, 0.15) is 77.0 Å². The van der Waals surface area contributed by atoms with Crippen molar-refractivity contribution < 1.29 is 24.5 Å². The van der Waals surface area contributed by atoms with Gasteiger partial charge in [-0.25, -0.2) is 0 Å². The Morgan fingerprint density at radius 1 is 0.631 bits per heavy atom. The van der Waals surface area contributed by atoms with Gasteiger partial charge in [0.2, 0.25) is 0 Å². The molecule has 0 aliphatic rings. The molecular formula is C59H50IrN4O-2. The minimum absolute atomic E-state index is 0. The molecule has 5 nitrogen and oxygen atoms in total. The number of imidazole rings is 1. The molecule has 7 aromatic carbocycles. The predicted molar refractivity (Wildman–Crippen MR) is 266 cm³/mol. The summed E-state index contributed by atoms with van der Waals surface area (Å²) in [7, 11) is 0. The minimum atomic E-state index is 0. The van der Waals surface area contributed by atoms with E-state index in [4.69, 9.17) is 9.40 Å². The van der Waals surface area contributed by atoms with Gasteiger partial charge in [0.15, 0.2) is 0 Å². The maximum Gasteiger partial charge on any atom is 0.121 e. The fraction of sp³-hybridized carbons (Fsp3) is 0.169. The summed E-state index contributed by atoms with van der Waals surface area (Å²) in [4.78, 5) is 13.8. The van der Waals surface area contributed by atoms with Crippen molar-refractivity contribution >= 4 is 54.5 Å². The maximum absolute atomic E-state index is 6.83. The van der Waals surface area contributed by atoms with E-state index in [-0.39, 0.29) is 37.4 Å². The number of hydrogen-bond donors (Lipinski definition) is 0. The van der Waals surface area contributed by atoms with Crippen LogP contribution in [-0.2, 0) is 25.5 Å². The van der Waals surface area contributed by atoms with Gasteiger partial charge in [0, 0.05) is 37.4 Å². The number of furan rings is 1. The van der Waals surface area contributed by atoms with Gasteiger partial charge in [-0.05, 0) is 115 Å². The molecule has 0 aliphatic heterocycles. The first kappa shape index (κ1) is 43.5. The molecule has 0 amide bonds. The Kier molecular flexibility index (Phi) is 11.8. The quantitative estimate of drug-likeness (QED) is 0.123. The van der Waals surface area contributed by atoms with E-state index in [0.29, 0.717) is 0 Å². The van der Waals surface area contributed by atoms with Crippen molar-refractivity contribution in [3.05, 3.63) is 193 Å². The Hall–Kier alpha value is -6.72. The first-order valence-electron chi connectivity index (χ1n) is 22.2. The van der Waals surface area contributed by atoms with Gasteiger partial charge >= 0.3 is 0 Å². The van der Waals surface area contributed by atoms with Crippen molar-refractivity contribution in [3.8, 4) is 39.5 Å². The molecule has 11 rings (SSSR count). The molecule has 0 spiro atoms. The molecule has 4 aromatic heterocycles. The first-order chi connectivity index (χ1) is 31.0. The molecular weight excluding hydrogens is 973 g/mol. The summed E-state index contributed by atoms with van der Waals surface area (Å²) < 4.78 is 9.20. The Bertz CT molecular complexity index is 3460. The van der Waals surface area contributed by atoms with Crippen LogP contribution in [0.5, 0.6) is 0 Å². The second kappa shape index (κ2) is 17.7. The van der Waals surface area contributed by atoms with Crippen molar-refractivity contribution in [1.82, 2.24) is 19.5 Å². The summed E-state index contributed by atoms with van der Waals surface area (Å²) in [5, 5.41) is 7.02. The molecule has 11 aromatic rings. The van der Waals surface area contributed by atoms with Crippen LogP contribution in [0.3, 0.4) is 0 Å². The van der Waals surface area contributed by atoms with Gasteiger partial charge < -0.3 is 19.0 Å². The van der Waals surface area contributed by atoms with Gasteiger partial charge in [-0.2, -0.15) is 0 Å². The van der Waals surface area contributed by atoms with Crippen molar-refractivity contribution in [1.29, 1.82) is 0 Å². The summed E-state index contributed by atoms with van der Waals surface area (Å²) in [5.41, 5.74) is 14.0. The largest absolute Gasteiger partial charge is 0.501 e. The van der Waals surface area contributed by atoms with Gasteiger partial charge in [0.05, 0.1) is 22.4 Å². The summed E-state index contributed by atoms with van der Waals surface area (Å²) in [6.45, 7) is 15.7. The number of nitrogens with zero attached hydrogens (tertiary/aromatic N) is 4. The molecule has 6 heteroatoms. The van der Waals surface area contributed by atoms with Crippen LogP contribution in [0, 0.1) is 12.3 Å². The van der Waals surface area contributed by atoms with E-state index in [0.717, 1.165) is 55.6 Å². The van der Waals surface area contributed by atoms with Crippen molar-refractivity contribution in [2.75, 3.05) is 0 Å². The molecule has 65 heavy (non-hydrogen) atoms. The number of aromatic nitrogens is 4. The molecule has 323 valence electrons. The Morgan fingerprint density at radius 3 is 2.08 bits per heavy atom. The molecule has 4 heterocycles. The van der Waals surface area contributed by atoms with Crippen LogP contribution in [0.4, 0.5) is 0 Å². The van der Waals surface area contributed by atoms with Gasteiger partial charge in [-0.3, -0.25) is 4.98 Å². The Labute approximate surface area is 394 Å². The number of fused-ring (bicyclic) bond motifs is 7. The average molecular weight is 1020 g/mol. The zero-order chi connectivity index (χ0) is 44.1. The fourth-order valence-corrected chi connectivity index (χ4v) is 8.90. The van der Waals surface area contributed by atoms with E-state index in [2.05, 4.69) is 203 Å². The molecule has 0 unspecified atom stereocenters. The average Bonchev–Trinajstić information content (AvgIpc) is 3.89. The van der Waals surface area contributed by atoms with Crippen molar-refractivity contribution in [2.45, 2.75) is 65.7 Å². The van der Waals surface area contributed by atoms with E-state index in [1.807, 2.05) is 30.5 Å². The number of hydrogen-bond acceptors (Lipinski definition) is 4. The topological polar surface area (TPSA) is 56.7 Å². The van der Waals surface area contributed by atoms with Gasteiger partial charge in [-0.15, -0.1) is 35.4 Å². The summed E-state index contributed by atoms with van der Waals surface area (Å²) in [5.74, 6) is 1.40. The molecule has 1 radical (unpaired) electrons. The molecule has 0 bridgehead atoms. The van der Waals surface area contributed by atoms with Crippen LogP contribution < -0.4 is 0 Å². The standard InChI is InChI=1S/C45H35N2O.C14H15N2.Ir/c1-27(2)36-24-32(29-13-6-5-7-14-29)25-37(28(3)4)43(36)47-41-20-11-10-19-40(41)46-45(47)35-18-12-17-34-39-23-31-22-21-30-15-8-9-16-33(30)38(31)26-42(39)48-44(34)35;1-14(2,3)12-8-11(9-15-10-12)13-6-4-5-7-16-13;/h5-17,19-28H,1-4H3;4-8,10H,1-3H3;/q2*-1;. The van der Waals surface area contributed by atoms with Crippen LogP contribution >= 0.6 is 0 Å². The molecule has 0 saturated heterocycles. The van der Waals surface area contributed by atoms with Crippen molar-refractivity contribution in [3.63, 3.8) is 0 Å². The van der Waals surface area contributed by atoms with E-state index in [1.165, 1.54) is 55.0 Å². The predicted octanol–water partition coefficient (Wildman–Crippen LogP) is 15.9. The third kappa shape index (κ3) is 8.18. The van der Waals surface area contributed by atoms with E-state index in [1.54, 1.807) is 6.20 Å². The number of rotatable bonds is 6. The summed E-state index contributed by atoms with van der Waals surface area (Å²) >= 11 is 0. The molecule has 0 N–H and O–H groups in total. The SMILES string of the molecule is CC(C)(C)c1cn[c-]c(-c2ccccn2)c1.CC(C)c1cc(-c2ccccc2)cc(C(C)C)c1-n1c(-c2[c-]ccc3c2oc2cc4c(ccc5ccccc54)cc23)nc2ccccc21.[Ir]. The third-order valence-electron chi connectivity index (χ3n) is 12.3.